The summed E-state index contributed by atoms with van der Waals surface area (Å²) in [5, 5.41) is 0.527. The minimum Gasteiger partial charge on any atom is -0.380 e. The molecule has 0 aromatic carbocycles. The van der Waals surface area contributed by atoms with Crippen molar-refractivity contribution >= 4 is 17.4 Å². The Hall–Kier alpha value is -0.870. The SMILES string of the molecule is CCCc1nc(Cl)cc(N2CCC(OC)C2)n1. The molecule has 5 heteroatoms. The van der Waals surface area contributed by atoms with Crippen LogP contribution in [0.15, 0.2) is 6.07 Å². The number of nitrogens with zero attached hydrogens (tertiary/aromatic N) is 3. The van der Waals surface area contributed by atoms with Gasteiger partial charge in [-0.1, -0.05) is 18.5 Å². The normalized spacial score (nSPS) is 19.9. The molecule has 0 N–H and O–H groups in total. The topological polar surface area (TPSA) is 38.2 Å². The van der Waals surface area contributed by atoms with Crippen LogP contribution < -0.4 is 4.90 Å². The second-order valence-electron chi connectivity index (χ2n) is 4.31. The van der Waals surface area contributed by atoms with Crippen LogP contribution in [0.5, 0.6) is 0 Å². The fraction of sp³-hybridized carbons (Fsp3) is 0.667. The summed E-state index contributed by atoms with van der Waals surface area (Å²) in [6.45, 7) is 3.97. The van der Waals surface area contributed by atoms with Gasteiger partial charge in [-0.15, -0.1) is 0 Å². The minimum atomic E-state index is 0.304. The number of anilines is 1. The molecular formula is C12H18ClN3O. The number of aryl methyl sites for hydroxylation is 1. The van der Waals surface area contributed by atoms with Gasteiger partial charge in [-0.25, -0.2) is 9.97 Å². The number of hydrogen-bond donors (Lipinski definition) is 0. The zero-order valence-electron chi connectivity index (χ0n) is 10.3. The van der Waals surface area contributed by atoms with Crippen LogP contribution in [-0.4, -0.2) is 36.3 Å². The van der Waals surface area contributed by atoms with Crippen molar-refractivity contribution in [1.29, 1.82) is 0 Å². The van der Waals surface area contributed by atoms with E-state index in [1.165, 1.54) is 0 Å². The second kappa shape index (κ2) is 5.65. The van der Waals surface area contributed by atoms with Crippen molar-refractivity contribution in [3.05, 3.63) is 17.0 Å². The summed E-state index contributed by atoms with van der Waals surface area (Å²) >= 11 is 6.03. The molecule has 1 unspecified atom stereocenters. The molecule has 1 aliphatic rings. The van der Waals surface area contributed by atoms with E-state index in [0.717, 1.165) is 44.0 Å². The van der Waals surface area contributed by atoms with Crippen molar-refractivity contribution in [2.45, 2.75) is 32.3 Å². The lowest BCUT2D eigenvalue weighted by molar-refractivity contribution is 0.121. The first-order chi connectivity index (χ1) is 8.22. The van der Waals surface area contributed by atoms with Gasteiger partial charge in [0.15, 0.2) is 0 Å². The number of rotatable bonds is 4. The Balaban J connectivity index is 2.15. The maximum atomic E-state index is 6.03. The van der Waals surface area contributed by atoms with E-state index in [9.17, 15) is 0 Å². The van der Waals surface area contributed by atoms with E-state index in [4.69, 9.17) is 16.3 Å². The third-order valence-corrected chi connectivity index (χ3v) is 3.20. The van der Waals surface area contributed by atoms with Crippen LogP contribution >= 0.6 is 11.6 Å². The van der Waals surface area contributed by atoms with Gasteiger partial charge in [0.05, 0.1) is 6.10 Å². The minimum absolute atomic E-state index is 0.304. The Morgan fingerprint density at radius 3 is 3.00 bits per heavy atom. The number of halogens is 1. The standard InChI is InChI=1S/C12H18ClN3O/c1-3-4-11-14-10(13)7-12(15-11)16-6-5-9(8-16)17-2/h7,9H,3-6,8H2,1-2H3. The molecule has 1 saturated heterocycles. The van der Waals surface area contributed by atoms with Gasteiger partial charge in [0.2, 0.25) is 0 Å². The number of aromatic nitrogens is 2. The van der Waals surface area contributed by atoms with Crippen LogP contribution in [0.4, 0.5) is 5.82 Å². The molecule has 94 valence electrons. The lowest BCUT2D eigenvalue weighted by Gasteiger charge is -2.17. The van der Waals surface area contributed by atoms with Crippen LogP contribution in [0.1, 0.15) is 25.6 Å². The third kappa shape index (κ3) is 3.07. The van der Waals surface area contributed by atoms with E-state index < -0.39 is 0 Å². The zero-order valence-corrected chi connectivity index (χ0v) is 11.1. The largest absolute Gasteiger partial charge is 0.380 e. The molecule has 4 nitrogen and oxygen atoms in total. The fourth-order valence-electron chi connectivity index (χ4n) is 2.08. The van der Waals surface area contributed by atoms with E-state index in [0.29, 0.717) is 11.3 Å². The Labute approximate surface area is 107 Å². The number of hydrogen-bond acceptors (Lipinski definition) is 4. The predicted octanol–water partition coefficient (Wildman–Crippen LogP) is 2.31. The molecule has 0 saturated carbocycles. The van der Waals surface area contributed by atoms with E-state index >= 15 is 0 Å². The van der Waals surface area contributed by atoms with Gasteiger partial charge in [-0.05, 0) is 12.8 Å². The Kier molecular flexibility index (Phi) is 4.18. The van der Waals surface area contributed by atoms with Gasteiger partial charge < -0.3 is 9.64 Å². The van der Waals surface area contributed by atoms with Crippen molar-refractivity contribution in [1.82, 2.24) is 9.97 Å². The van der Waals surface area contributed by atoms with E-state index in [-0.39, 0.29) is 0 Å². The average Bonchev–Trinajstić information content (AvgIpc) is 2.77. The quantitative estimate of drug-likeness (QED) is 0.774. The predicted molar refractivity (Wildman–Crippen MR) is 68.7 cm³/mol. The summed E-state index contributed by atoms with van der Waals surface area (Å²) < 4.78 is 5.35. The Morgan fingerprint density at radius 1 is 1.53 bits per heavy atom. The highest BCUT2D eigenvalue weighted by Crippen LogP contribution is 2.22. The highest BCUT2D eigenvalue weighted by molar-refractivity contribution is 6.29. The lowest BCUT2D eigenvalue weighted by Crippen LogP contribution is -2.23. The molecule has 2 rings (SSSR count). The molecule has 0 spiro atoms. The molecule has 0 amide bonds. The van der Waals surface area contributed by atoms with Gasteiger partial charge in [-0.2, -0.15) is 0 Å². The lowest BCUT2D eigenvalue weighted by atomic mass is 10.3. The Bertz CT molecular complexity index is 386. The molecule has 1 fully saturated rings. The van der Waals surface area contributed by atoms with Crippen molar-refractivity contribution in [3.8, 4) is 0 Å². The maximum Gasteiger partial charge on any atom is 0.134 e. The monoisotopic (exact) mass is 255 g/mol. The van der Waals surface area contributed by atoms with Crippen LogP contribution in [0.2, 0.25) is 5.15 Å². The van der Waals surface area contributed by atoms with Crippen LogP contribution in [0.3, 0.4) is 0 Å². The second-order valence-corrected chi connectivity index (χ2v) is 4.69. The number of methoxy groups -OCH3 is 1. The molecule has 1 atom stereocenters. The number of ether oxygens (including phenoxy) is 1. The molecule has 1 aromatic rings. The van der Waals surface area contributed by atoms with Gasteiger partial charge in [0.25, 0.3) is 0 Å². The van der Waals surface area contributed by atoms with Gasteiger partial charge in [-0.3, -0.25) is 0 Å². The fourth-order valence-corrected chi connectivity index (χ4v) is 2.27. The van der Waals surface area contributed by atoms with Crippen LogP contribution in [-0.2, 0) is 11.2 Å². The first kappa shape index (κ1) is 12.6. The molecular weight excluding hydrogens is 238 g/mol. The molecule has 0 radical (unpaired) electrons. The highest BCUT2D eigenvalue weighted by Gasteiger charge is 2.23. The molecule has 1 aliphatic heterocycles. The molecule has 17 heavy (non-hydrogen) atoms. The average molecular weight is 256 g/mol. The van der Waals surface area contributed by atoms with Gasteiger partial charge in [0, 0.05) is 32.7 Å². The molecule has 1 aromatic heterocycles. The van der Waals surface area contributed by atoms with Crippen molar-refractivity contribution < 1.29 is 4.74 Å². The van der Waals surface area contributed by atoms with Crippen molar-refractivity contribution in [3.63, 3.8) is 0 Å². The van der Waals surface area contributed by atoms with Crippen LogP contribution in [0.25, 0.3) is 0 Å². The maximum absolute atomic E-state index is 6.03. The summed E-state index contributed by atoms with van der Waals surface area (Å²) in [5.41, 5.74) is 0. The van der Waals surface area contributed by atoms with E-state index in [1.54, 1.807) is 7.11 Å². The summed E-state index contributed by atoms with van der Waals surface area (Å²) in [6, 6.07) is 1.83. The zero-order chi connectivity index (χ0) is 12.3. The highest BCUT2D eigenvalue weighted by atomic mass is 35.5. The third-order valence-electron chi connectivity index (χ3n) is 3.00. The smallest absolute Gasteiger partial charge is 0.134 e. The summed E-state index contributed by atoms with van der Waals surface area (Å²) in [7, 11) is 1.75. The molecule has 0 aliphatic carbocycles. The van der Waals surface area contributed by atoms with Crippen molar-refractivity contribution in [2.24, 2.45) is 0 Å². The molecule has 2 heterocycles. The first-order valence-electron chi connectivity index (χ1n) is 6.04. The summed E-state index contributed by atoms with van der Waals surface area (Å²) in [6.07, 6.45) is 3.25. The van der Waals surface area contributed by atoms with E-state index in [1.807, 2.05) is 6.07 Å². The summed E-state index contributed by atoms with van der Waals surface area (Å²) in [4.78, 5) is 11.0. The van der Waals surface area contributed by atoms with Gasteiger partial charge in [0.1, 0.15) is 16.8 Å². The van der Waals surface area contributed by atoms with Gasteiger partial charge >= 0.3 is 0 Å². The summed E-state index contributed by atoms with van der Waals surface area (Å²) in [5.74, 6) is 1.75. The van der Waals surface area contributed by atoms with E-state index in [2.05, 4.69) is 21.8 Å². The molecule has 0 bridgehead atoms. The van der Waals surface area contributed by atoms with Crippen molar-refractivity contribution in [2.75, 3.05) is 25.1 Å². The first-order valence-corrected chi connectivity index (χ1v) is 6.42. The Morgan fingerprint density at radius 2 is 2.35 bits per heavy atom. The van der Waals surface area contributed by atoms with Crippen LogP contribution in [0, 0.1) is 0 Å².